The van der Waals surface area contributed by atoms with Crippen molar-refractivity contribution in [2.45, 2.75) is 123 Å². The summed E-state index contributed by atoms with van der Waals surface area (Å²) in [6.45, 7) is 10.7. The number of fused-ring (bicyclic) bond motifs is 4. The van der Waals surface area contributed by atoms with Gasteiger partial charge in [-0.3, -0.25) is 48.4 Å². The molecule has 4 amide bonds. The van der Waals surface area contributed by atoms with Crippen molar-refractivity contribution >= 4 is 81.6 Å². The molecule has 1 N–H and O–H groups in total. The first-order chi connectivity index (χ1) is 43.5. The van der Waals surface area contributed by atoms with E-state index in [0.717, 1.165) is 54.9 Å². The van der Waals surface area contributed by atoms with Gasteiger partial charge in [0.25, 0.3) is 17.7 Å². The van der Waals surface area contributed by atoms with Crippen molar-refractivity contribution in [1.82, 2.24) is 20.0 Å². The molecular formula is C72H85N7O11. The minimum absolute atomic E-state index is 0.0108. The summed E-state index contributed by atoms with van der Waals surface area (Å²) < 4.78 is 24.0. The highest BCUT2D eigenvalue weighted by atomic mass is 16.5. The average molecular weight is 1220 g/mol. The van der Waals surface area contributed by atoms with E-state index in [9.17, 15) is 33.6 Å². The Balaban J connectivity index is 0.661. The molecule has 1 fully saturated rings. The van der Waals surface area contributed by atoms with Gasteiger partial charge in [-0.15, -0.1) is 0 Å². The van der Waals surface area contributed by atoms with Crippen LogP contribution < -0.4 is 29.2 Å². The zero-order valence-corrected chi connectivity index (χ0v) is 52.9. The lowest BCUT2D eigenvalue weighted by Crippen LogP contribution is -2.44. The molecule has 5 heterocycles. The molecule has 18 nitrogen and oxygen atoms in total. The summed E-state index contributed by atoms with van der Waals surface area (Å²) in [7, 11) is 5.26. The molecule has 1 aliphatic carbocycles. The van der Waals surface area contributed by atoms with E-state index in [1.165, 1.54) is 28.3 Å². The van der Waals surface area contributed by atoms with Gasteiger partial charge in [0, 0.05) is 137 Å². The second-order valence-electron chi connectivity index (χ2n) is 25.0. The Morgan fingerprint density at radius 3 is 1.98 bits per heavy atom. The van der Waals surface area contributed by atoms with Gasteiger partial charge in [0.2, 0.25) is 5.91 Å². The first-order valence-electron chi connectivity index (χ1n) is 32.1. The van der Waals surface area contributed by atoms with Crippen LogP contribution >= 0.6 is 0 Å². The molecule has 0 saturated carbocycles. The number of ether oxygens (including phenoxy) is 4. The second-order valence-corrected chi connectivity index (χ2v) is 25.0. The van der Waals surface area contributed by atoms with Gasteiger partial charge in [-0.2, -0.15) is 0 Å². The minimum Gasteiger partial charge on any atom is -0.493 e. The Labute approximate surface area is 528 Å². The van der Waals surface area contributed by atoms with Gasteiger partial charge in [-0.1, -0.05) is 69.7 Å². The number of hydrogen-bond donors (Lipinski definition) is 1. The number of benzene rings is 4. The number of nitrogens with zero attached hydrogens (tertiary/aromatic N) is 6. The van der Waals surface area contributed by atoms with E-state index in [2.05, 4.69) is 76.8 Å². The van der Waals surface area contributed by atoms with Crippen LogP contribution in [-0.4, -0.2) is 147 Å². The Bertz CT molecular complexity index is 3470. The number of piperazine rings is 1. The van der Waals surface area contributed by atoms with Gasteiger partial charge < -0.3 is 39.0 Å². The molecular weight excluding hydrogens is 1140 g/mol. The van der Waals surface area contributed by atoms with Crippen molar-refractivity contribution in [3.05, 3.63) is 125 Å². The lowest BCUT2D eigenvalue weighted by atomic mass is 9.90. The molecule has 2 unspecified atom stereocenters. The van der Waals surface area contributed by atoms with Gasteiger partial charge in [0.15, 0.2) is 34.6 Å². The van der Waals surface area contributed by atoms with Gasteiger partial charge in [-0.25, -0.2) is 0 Å². The highest BCUT2D eigenvalue weighted by Gasteiger charge is 2.35. The molecule has 0 aromatic heterocycles. The van der Waals surface area contributed by atoms with Crippen LogP contribution in [0.5, 0.6) is 23.0 Å². The van der Waals surface area contributed by atoms with Crippen molar-refractivity contribution in [2.24, 2.45) is 33.7 Å². The number of aryl methyl sites for hydroxylation is 1. The number of likely N-dealkylation sites (N-methyl/N-ethyl adjacent to an activating group) is 1. The van der Waals surface area contributed by atoms with Gasteiger partial charge in [0.05, 0.1) is 56.5 Å². The van der Waals surface area contributed by atoms with Crippen LogP contribution in [0.2, 0.25) is 0 Å². The quantitative estimate of drug-likeness (QED) is 0.0415. The Morgan fingerprint density at radius 1 is 0.656 bits per heavy atom. The number of allylic oxidation sites excluding steroid dienone is 2. The molecule has 0 bridgehead atoms. The normalized spacial score (nSPS) is 19.5. The fourth-order valence-corrected chi connectivity index (χ4v) is 12.8. The third-order valence-corrected chi connectivity index (χ3v) is 18.3. The number of carbonyl (C=O) groups excluding carboxylic acids is 7. The number of unbranched alkanes of at least 4 members (excludes halogenated alkanes) is 2. The number of imide groups is 1. The lowest BCUT2D eigenvalue weighted by molar-refractivity contribution is -0.137. The van der Waals surface area contributed by atoms with Gasteiger partial charge in [-0.05, 0) is 116 Å². The number of hydrogen-bond acceptors (Lipinski definition) is 15. The van der Waals surface area contributed by atoms with Crippen LogP contribution in [0.25, 0.3) is 11.1 Å². The number of carbonyl (C=O) groups is 7. The number of nitrogens with one attached hydrogen (secondary N) is 1. The van der Waals surface area contributed by atoms with E-state index >= 15 is 0 Å². The maximum absolute atomic E-state index is 14.1. The zero-order chi connectivity index (χ0) is 63.4. The van der Waals surface area contributed by atoms with E-state index in [-0.39, 0.29) is 96.7 Å². The van der Waals surface area contributed by atoms with Crippen LogP contribution in [-0.2, 0) is 30.4 Å². The number of rotatable bonds is 28. The summed E-state index contributed by atoms with van der Waals surface area (Å²) in [4.78, 5) is 108. The third-order valence-electron chi connectivity index (χ3n) is 18.3. The van der Waals surface area contributed by atoms with E-state index < -0.39 is 6.04 Å². The van der Waals surface area contributed by atoms with Crippen molar-refractivity contribution in [3.8, 4) is 23.0 Å². The fraction of sp³-hybridized carbons (Fsp3) is 0.458. The SMILES string of the molecule is COc1cc2c(cc1OCCCOc1cc3c(cc1OC)C(=O)N1C=C(c4ccc(N5CCN(C)CC5)cc4)C[C@H]1C=N3)N=C[C@@H]1CC(c3ccc(CCC(=O)[C@H](C)CCCC(=O)C(NC(=O)CCCCCN4C(=O)C=CC4=O)C(C)C)cc3)=CC1CCC2=O. The van der Waals surface area contributed by atoms with Crippen LogP contribution in [0.15, 0.2) is 107 Å². The smallest absolute Gasteiger partial charge is 0.260 e. The molecule has 18 heteroatoms. The molecule has 90 heavy (non-hydrogen) atoms. The summed E-state index contributed by atoms with van der Waals surface area (Å²) in [6, 6.07) is 23.2. The highest BCUT2D eigenvalue weighted by molar-refractivity contribution is 6.13. The summed E-state index contributed by atoms with van der Waals surface area (Å²) in [5.74, 6) is 0.883. The number of anilines is 1. The summed E-state index contributed by atoms with van der Waals surface area (Å²) >= 11 is 0. The number of Topliss-reactive ketones (excluding diaryl/α,β-unsaturated/α-hetero) is 3. The average Bonchev–Trinajstić information content (AvgIpc) is 1.69. The number of aliphatic imine (C=N–C) groups is 2. The van der Waals surface area contributed by atoms with E-state index in [4.69, 9.17) is 28.9 Å². The van der Waals surface area contributed by atoms with Crippen LogP contribution in [0.3, 0.4) is 0 Å². The molecule has 4 aromatic rings. The maximum Gasteiger partial charge on any atom is 0.260 e. The number of ketones is 3. The Morgan fingerprint density at radius 2 is 1.30 bits per heavy atom. The van der Waals surface area contributed by atoms with Crippen molar-refractivity contribution in [2.75, 3.05) is 72.1 Å². The predicted molar refractivity (Wildman–Crippen MR) is 349 cm³/mol. The molecule has 474 valence electrons. The Kier molecular flexibility index (Phi) is 21.4. The first kappa shape index (κ1) is 64.5. The molecule has 1 saturated heterocycles. The van der Waals surface area contributed by atoms with E-state index in [1.807, 2.05) is 39.4 Å². The maximum atomic E-state index is 14.1. The van der Waals surface area contributed by atoms with Crippen LogP contribution in [0.1, 0.15) is 142 Å². The molecule has 0 spiro atoms. The topological polar surface area (TPSA) is 206 Å². The molecule has 6 aliphatic rings. The number of methoxy groups -OCH3 is 2. The van der Waals surface area contributed by atoms with Crippen molar-refractivity contribution in [1.29, 1.82) is 0 Å². The molecule has 5 aliphatic heterocycles. The monoisotopic (exact) mass is 1220 g/mol. The summed E-state index contributed by atoms with van der Waals surface area (Å²) in [6.07, 6.45) is 18.1. The van der Waals surface area contributed by atoms with Crippen molar-refractivity contribution in [3.63, 3.8) is 0 Å². The third kappa shape index (κ3) is 15.7. The molecule has 10 rings (SSSR count). The van der Waals surface area contributed by atoms with Gasteiger partial charge >= 0.3 is 0 Å². The van der Waals surface area contributed by atoms with E-state index in [0.29, 0.717) is 123 Å². The standard InChI is InChI=1S/C72H85N7O11/c1-46(2)71(75-68(83)14-8-7-9-29-78-69(84)27-28-70(78)85)63(82)13-10-12-47(3)61(80)25-17-48-15-18-49(19-16-48)52-36-51-22-26-62(81)57-39-64(87-5)66(41-59(57)73-43-53(51)37-52)89-34-11-35-90-67-42-60-58(40-65(67)88-6)72(86)79-45-54(38-56(79)44-74-60)50-20-23-55(24-21-50)77-32-30-76(4)31-33-77/h15-16,18-21,23-24,27-28,36,39-47,51,53,56,71H,7-14,17,22,25-26,29-35,37-38H2,1-6H3,(H,75,83)/t47-,51?,53+,56+,71?/m1/s1. The molecule has 4 aromatic carbocycles. The van der Waals surface area contributed by atoms with Gasteiger partial charge in [0.1, 0.15) is 5.78 Å². The van der Waals surface area contributed by atoms with Crippen LogP contribution in [0, 0.1) is 23.7 Å². The fourth-order valence-electron chi connectivity index (χ4n) is 12.8. The Hall–Kier alpha value is -8.51. The molecule has 0 radical (unpaired) electrons. The molecule has 5 atom stereocenters. The van der Waals surface area contributed by atoms with Crippen molar-refractivity contribution < 1.29 is 52.5 Å². The summed E-state index contributed by atoms with van der Waals surface area (Å²) in [5.41, 5.74) is 8.74. The first-order valence-corrected chi connectivity index (χ1v) is 32.1. The zero-order valence-electron chi connectivity index (χ0n) is 52.9. The largest absolute Gasteiger partial charge is 0.493 e. The minimum atomic E-state index is -0.603. The van der Waals surface area contributed by atoms with Crippen LogP contribution in [0.4, 0.5) is 17.1 Å². The second kappa shape index (κ2) is 29.9. The van der Waals surface area contributed by atoms with E-state index in [1.54, 1.807) is 43.4 Å². The highest BCUT2D eigenvalue weighted by Crippen LogP contribution is 2.43. The predicted octanol–water partition coefficient (Wildman–Crippen LogP) is 11.2. The number of amides is 4. The summed E-state index contributed by atoms with van der Waals surface area (Å²) in [5, 5.41) is 2.92. The lowest BCUT2D eigenvalue weighted by Gasteiger charge is -2.34.